The maximum atomic E-state index is 11.3. The highest BCUT2D eigenvalue weighted by Gasteiger charge is 2.58. The number of aliphatic hydroxyl groups is 1. The van der Waals surface area contributed by atoms with Crippen LogP contribution in [0, 0.1) is 0 Å². The van der Waals surface area contributed by atoms with Gasteiger partial charge in [0.05, 0.1) is 0 Å². The van der Waals surface area contributed by atoms with Crippen LogP contribution in [0.5, 0.6) is 0 Å². The number of nitrogens with zero attached hydrogens (tertiary/aromatic N) is 1. The van der Waals surface area contributed by atoms with E-state index < -0.39 is 26.7 Å². The molecule has 0 saturated carbocycles. The third-order valence-electron chi connectivity index (χ3n) is 3.71. The molecule has 25 heavy (non-hydrogen) atoms. The monoisotopic (exact) mass is 413 g/mol. The van der Waals surface area contributed by atoms with E-state index in [1.54, 1.807) is 23.7 Å². The summed E-state index contributed by atoms with van der Waals surface area (Å²) in [6.45, 7) is 0.548. The molecule has 1 aromatic carbocycles. The van der Waals surface area contributed by atoms with Gasteiger partial charge in [0.25, 0.3) is 5.08 Å². The topological polar surface area (TPSA) is 139 Å². The smallest absolute Gasteiger partial charge is 0.367 e. The van der Waals surface area contributed by atoms with E-state index in [1.807, 2.05) is 30.3 Å². The summed E-state index contributed by atoms with van der Waals surface area (Å²) in [5.74, 6) is 0.923. The molecule has 0 aliphatic heterocycles. The van der Waals surface area contributed by atoms with Crippen molar-refractivity contribution in [3.63, 3.8) is 0 Å². The van der Waals surface area contributed by atoms with E-state index in [9.17, 15) is 14.2 Å². The van der Waals surface area contributed by atoms with E-state index in [4.69, 9.17) is 19.6 Å². The van der Waals surface area contributed by atoms with Gasteiger partial charge in [-0.25, -0.2) is 0 Å². The first-order valence-corrected chi connectivity index (χ1v) is 11.9. The Morgan fingerprint density at radius 3 is 2.08 bits per heavy atom. The van der Waals surface area contributed by atoms with Crippen LogP contribution >= 0.6 is 27.0 Å². The highest BCUT2D eigenvalue weighted by molar-refractivity contribution is 7.99. The van der Waals surface area contributed by atoms with Gasteiger partial charge in [0.15, 0.2) is 0 Å². The minimum atomic E-state index is -5.37. The molecule has 0 aromatic heterocycles. The van der Waals surface area contributed by atoms with Crippen molar-refractivity contribution in [2.45, 2.75) is 29.2 Å². The van der Waals surface area contributed by atoms with Crippen LogP contribution < -0.4 is 0 Å². The Hall–Kier alpha value is -0.210. The molecule has 0 amide bonds. The fraction of sp³-hybridized carbons (Fsp3) is 0.571. The Labute approximate surface area is 151 Å². The van der Waals surface area contributed by atoms with Crippen LogP contribution in [0.1, 0.15) is 19.3 Å². The molecule has 0 unspecified atom stereocenters. The molecule has 1 rings (SSSR count). The van der Waals surface area contributed by atoms with Crippen LogP contribution in [-0.4, -0.2) is 60.6 Å². The average Bonchev–Trinajstić information content (AvgIpc) is 2.51. The molecule has 1 aromatic rings. The second kappa shape index (κ2) is 9.65. The molecule has 11 heteroatoms. The molecule has 0 aliphatic carbocycles. The highest BCUT2D eigenvalue weighted by atomic mass is 32.2. The van der Waals surface area contributed by atoms with Gasteiger partial charge in [-0.1, -0.05) is 18.2 Å². The lowest BCUT2D eigenvalue weighted by atomic mass is 10.3. The molecule has 0 aliphatic rings. The summed E-state index contributed by atoms with van der Waals surface area (Å²) in [5, 5.41) is 6.48. The highest BCUT2D eigenvalue weighted by Crippen LogP contribution is 2.68. The van der Waals surface area contributed by atoms with E-state index in [0.29, 0.717) is 6.54 Å². The van der Waals surface area contributed by atoms with Crippen LogP contribution in [0.4, 0.5) is 0 Å². The van der Waals surface area contributed by atoms with E-state index >= 15 is 0 Å². The number of benzene rings is 1. The first kappa shape index (κ1) is 22.8. The summed E-state index contributed by atoms with van der Waals surface area (Å²) in [4.78, 5) is 39.2. The van der Waals surface area contributed by atoms with E-state index in [1.165, 1.54) is 4.90 Å². The molecular formula is C14H25NO7P2S. The van der Waals surface area contributed by atoms with Gasteiger partial charge in [-0.3, -0.25) is 9.13 Å². The van der Waals surface area contributed by atoms with Crippen molar-refractivity contribution in [2.75, 3.05) is 25.9 Å². The molecule has 8 nitrogen and oxygen atoms in total. The van der Waals surface area contributed by atoms with Gasteiger partial charge < -0.3 is 29.6 Å². The maximum absolute atomic E-state index is 11.3. The minimum Gasteiger partial charge on any atom is -0.367 e. The average molecular weight is 413 g/mol. The van der Waals surface area contributed by atoms with Gasteiger partial charge in [0.1, 0.15) is 0 Å². The molecule has 0 saturated heterocycles. The maximum Gasteiger partial charge on any atom is 0.369 e. The van der Waals surface area contributed by atoms with Crippen molar-refractivity contribution in [2.24, 2.45) is 0 Å². The van der Waals surface area contributed by atoms with Gasteiger partial charge >= 0.3 is 15.2 Å². The quantitative estimate of drug-likeness (QED) is 0.209. The van der Waals surface area contributed by atoms with Crippen LogP contribution in [0.25, 0.3) is 0 Å². The fourth-order valence-corrected chi connectivity index (χ4v) is 5.18. The summed E-state index contributed by atoms with van der Waals surface area (Å²) < 4.78 is 22.6. The second-order valence-corrected chi connectivity index (χ2v) is 11.0. The van der Waals surface area contributed by atoms with Crippen molar-refractivity contribution in [3.05, 3.63) is 30.3 Å². The Kier molecular flexibility index (Phi) is 8.81. The predicted molar refractivity (Wildman–Crippen MR) is 97.6 cm³/mol. The third-order valence-corrected chi connectivity index (χ3v) is 8.68. The van der Waals surface area contributed by atoms with Crippen LogP contribution in [0.15, 0.2) is 35.2 Å². The number of thioether (sulfide) groups is 1. The largest absolute Gasteiger partial charge is 0.369 e. The summed E-state index contributed by atoms with van der Waals surface area (Å²) in [6.07, 6.45) is 1.03. The number of hydrogen-bond donors (Lipinski definition) is 5. The molecular weight excluding hydrogens is 388 g/mol. The molecule has 0 fully saturated rings. The summed E-state index contributed by atoms with van der Waals surface area (Å²) in [6, 6.07) is 9.96. The summed E-state index contributed by atoms with van der Waals surface area (Å²) in [5.41, 5.74) is 0. The van der Waals surface area contributed by atoms with Gasteiger partial charge in [-0.2, -0.15) is 0 Å². The zero-order valence-corrected chi connectivity index (χ0v) is 16.5. The van der Waals surface area contributed by atoms with Gasteiger partial charge in [0, 0.05) is 17.9 Å². The zero-order valence-electron chi connectivity index (χ0n) is 13.9. The predicted octanol–water partition coefficient (Wildman–Crippen LogP) is 1.88. The second-order valence-electron chi connectivity index (χ2n) is 5.78. The molecule has 0 radical (unpaired) electrons. The van der Waals surface area contributed by atoms with Gasteiger partial charge in [-0.15, -0.1) is 11.8 Å². The Morgan fingerprint density at radius 1 is 1.00 bits per heavy atom. The molecule has 0 atom stereocenters. The fourth-order valence-electron chi connectivity index (χ4n) is 2.10. The summed E-state index contributed by atoms with van der Waals surface area (Å²) in [7, 11) is -9.08. The van der Waals surface area contributed by atoms with E-state index in [0.717, 1.165) is 18.6 Å². The van der Waals surface area contributed by atoms with Crippen LogP contribution in [0.2, 0.25) is 0 Å². The van der Waals surface area contributed by atoms with Crippen molar-refractivity contribution >= 4 is 27.0 Å². The first-order valence-electron chi connectivity index (χ1n) is 7.67. The first-order chi connectivity index (χ1) is 11.5. The molecule has 144 valence electrons. The lowest BCUT2D eigenvalue weighted by molar-refractivity contribution is 0.112. The van der Waals surface area contributed by atoms with E-state index in [2.05, 4.69) is 0 Å². The van der Waals surface area contributed by atoms with Crippen LogP contribution in [-0.2, 0) is 9.13 Å². The Bertz CT molecular complexity index is 597. The molecule has 0 heterocycles. The SMILES string of the molecule is CN(CCCCSc1ccccc1)CCC(O)(P(=O)(O)O)P(=O)(O)O. The van der Waals surface area contributed by atoms with Crippen molar-refractivity contribution in [1.29, 1.82) is 0 Å². The zero-order chi connectivity index (χ0) is 19.1. The Morgan fingerprint density at radius 2 is 1.56 bits per heavy atom. The lowest BCUT2D eigenvalue weighted by Crippen LogP contribution is -2.34. The number of hydrogen-bond acceptors (Lipinski definition) is 5. The van der Waals surface area contributed by atoms with Crippen molar-refractivity contribution < 1.29 is 33.8 Å². The van der Waals surface area contributed by atoms with E-state index in [-0.39, 0.29) is 6.54 Å². The number of rotatable bonds is 11. The number of unbranched alkanes of at least 4 members (excludes halogenated alkanes) is 1. The molecule has 5 N–H and O–H groups in total. The minimum absolute atomic E-state index is 0.0431. The molecule has 0 spiro atoms. The van der Waals surface area contributed by atoms with Gasteiger partial charge in [0.2, 0.25) is 0 Å². The normalized spacial score (nSPS) is 13.4. The summed E-state index contributed by atoms with van der Waals surface area (Å²) >= 11 is 1.73. The lowest BCUT2D eigenvalue weighted by Gasteiger charge is -2.30. The van der Waals surface area contributed by atoms with Crippen molar-refractivity contribution in [1.82, 2.24) is 4.90 Å². The third kappa shape index (κ3) is 7.13. The van der Waals surface area contributed by atoms with Crippen molar-refractivity contribution in [3.8, 4) is 0 Å². The standard InChI is InChI=1S/C14H25NO7P2S/c1-15(10-5-6-12-25-13-7-3-2-4-8-13)11-9-14(16,23(17,18)19)24(20,21)22/h2-4,7-8,16H,5-6,9-12H2,1H3,(H2,17,18,19)(H2,20,21,22). The Balaban J connectivity index is 2.35. The molecule has 0 bridgehead atoms. The van der Waals surface area contributed by atoms with Gasteiger partial charge in [-0.05, 0) is 44.3 Å². The van der Waals surface area contributed by atoms with Crippen LogP contribution in [0.3, 0.4) is 0 Å².